The molecule has 1 aliphatic carbocycles. The fourth-order valence-electron chi connectivity index (χ4n) is 2.94. The minimum absolute atomic E-state index is 0.00959. The lowest BCUT2D eigenvalue weighted by molar-refractivity contribution is 0.0959. The van der Waals surface area contributed by atoms with Crippen LogP contribution in [-0.2, 0) is 11.2 Å². The van der Waals surface area contributed by atoms with Gasteiger partial charge in [-0.2, -0.15) is 0 Å². The molecule has 1 atom stereocenters. The van der Waals surface area contributed by atoms with E-state index in [9.17, 15) is 18.0 Å². The van der Waals surface area contributed by atoms with Gasteiger partial charge in [0.05, 0.1) is 0 Å². The number of hydrogen-bond donors (Lipinski definition) is 1. The second kappa shape index (κ2) is 5.95. The molecule has 2 aromatic carbocycles. The molecule has 2 N–H and O–H groups in total. The second-order valence-corrected chi connectivity index (χ2v) is 5.48. The first kappa shape index (κ1) is 15.4. The molecular weight excluding hydrogens is 307 g/mol. The van der Waals surface area contributed by atoms with Crippen LogP contribution in [0.15, 0.2) is 30.3 Å². The second-order valence-electron chi connectivity index (χ2n) is 5.48. The molecule has 3 rings (SSSR count). The topological polar surface area (TPSA) is 52.3 Å². The first-order valence-corrected chi connectivity index (χ1v) is 7.19. The molecule has 1 unspecified atom stereocenters. The number of benzene rings is 2. The zero-order chi connectivity index (χ0) is 16.6. The van der Waals surface area contributed by atoms with Gasteiger partial charge in [0, 0.05) is 11.6 Å². The lowest BCUT2D eigenvalue weighted by Gasteiger charge is -2.25. The van der Waals surface area contributed by atoms with Gasteiger partial charge in [0.15, 0.2) is 11.6 Å². The Kier molecular flexibility index (Phi) is 3.98. The van der Waals surface area contributed by atoms with Gasteiger partial charge in [-0.1, -0.05) is 18.2 Å². The number of carbonyl (C=O) groups is 1. The molecule has 1 aliphatic rings. The van der Waals surface area contributed by atoms with Crippen LogP contribution in [0.25, 0.3) is 11.1 Å². The SMILES string of the molecule is NC(=O)OC1CCCc2cc(-c3cc(F)c(F)cc3F)ccc21. The summed E-state index contributed by atoms with van der Waals surface area (Å²) >= 11 is 0. The van der Waals surface area contributed by atoms with Crippen LogP contribution in [0.5, 0.6) is 0 Å². The van der Waals surface area contributed by atoms with Crippen LogP contribution in [-0.4, -0.2) is 6.09 Å². The molecular formula is C17H14F3NO2. The number of nitrogens with two attached hydrogens (primary N) is 1. The Hall–Kier alpha value is -2.50. The predicted molar refractivity (Wildman–Crippen MR) is 78.1 cm³/mol. The number of primary amides is 1. The first-order valence-electron chi connectivity index (χ1n) is 7.19. The molecule has 2 aromatic rings. The third kappa shape index (κ3) is 3.02. The van der Waals surface area contributed by atoms with Crippen LogP contribution in [0.2, 0.25) is 0 Å². The maximum atomic E-state index is 13.9. The van der Waals surface area contributed by atoms with E-state index >= 15 is 0 Å². The molecule has 23 heavy (non-hydrogen) atoms. The third-order valence-corrected chi connectivity index (χ3v) is 3.98. The summed E-state index contributed by atoms with van der Waals surface area (Å²) in [5.74, 6) is -3.15. The lowest BCUT2D eigenvalue weighted by Crippen LogP contribution is -2.20. The van der Waals surface area contributed by atoms with Gasteiger partial charge in [0.2, 0.25) is 0 Å². The summed E-state index contributed by atoms with van der Waals surface area (Å²) in [4.78, 5) is 11.0. The van der Waals surface area contributed by atoms with Crippen molar-refractivity contribution in [2.45, 2.75) is 25.4 Å². The van der Waals surface area contributed by atoms with Gasteiger partial charge in [0.1, 0.15) is 11.9 Å². The van der Waals surface area contributed by atoms with Crippen molar-refractivity contribution < 1.29 is 22.7 Å². The number of carbonyl (C=O) groups excluding carboxylic acids is 1. The molecule has 0 aliphatic heterocycles. The van der Waals surface area contributed by atoms with E-state index in [1.165, 1.54) is 0 Å². The van der Waals surface area contributed by atoms with E-state index in [0.29, 0.717) is 18.1 Å². The summed E-state index contributed by atoms with van der Waals surface area (Å²) < 4.78 is 45.4. The molecule has 0 saturated carbocycles. The quantitative estimate of drug-likeness (QED) is 0.841. The average Bonchev–Trinajstić information content (AvgIpc) is 2.50. The summed E-state index contributed by atoms with van der Waals surface area (Å²) in [6.07, 6.45) is 0.898. The first-order chi connectivity index (χ1) is 11.0. The van der Waals surface area contributed by atoms with Crippen molar-refractivity contribution in [3.8, 4) is 11.1 Å². The molecule has 120 valence electrons. The Morgan fingerprint density at radius 1 is 1.09 bits per heavy atom. The van der Waals surface area contributed by atoms with Crippen molar-refractivity contribution in [3.63, 3.8) is 0 Å². The summed E-state index contributed by atoms with van der Waals surface area (Å²) in [6, 6.07) is 6.38. The third-order valence-electron chi connectivity index (χ3n) is 3.98. The van der Waals surface area contributed by atoms with E-state index in [1.807, 2.05) is 0 Å². The van der Waals surface area contributed by atoms with Crippen molar-refractivity contribution in [1.82, 2.24) is 0 Å². The molecule has 6 heteroatoms. The minimum Gasteiger partial charge on any atom is -0.442 e. The number of fused-ring (bicyclic) bond motifs is 1. The van der Waals surface area contributed by atoms with E-state index in [4.69, 9.17) is 10.5 Å². The number of hydrogen-bond acceptors (Lipinski definition) is 2. The lowest BCUT2D eigenvalue weighted by atomic mass is 9.87. The highest BCUT2D eigenvalue weighted by molar-refractivity contribution is 5.67. The zero-order valence-corrected chi connectivity index (χ0v) is 12.1. The summed E-state index contributed by atoms with van der Waals surface area (Å²) in [5.41, 5.74) is 7.18. The molecule has 0 heterocycles. The van der Waals surface area contributed by atoms with Gasteiger partial charge < -0.3 is 10.5 Å². The van der Waals surface area contributed by atoms with Gasteiger partial charge >= 0.3 is 6.09 Å². The Morgan fingerprint density at radius 3 is 2.57 bits per heavy atom. The van der Waals surface area contributed by atoms with Crippen molar-refractivity contribution >= 4 is 6.09 Å². The van der Waals surface area contributed by atoms with Crippen LogP contribution in [0, 0.1) is 17.5 Å². The molecule has 0 spiro atoms. The normalized spacial score (nSPS) is 16.7. The highest BCUT2D eigenvalue weighted by Gasteiger charge is 2.23. The minimum atomic E-state index is -1.22. The molecule has 0 bridgehead atoms. The Balaban J connectivity index is 2.01. The van der Waals surface area contributed by atoms with Gasteiger partial charge in [-0.25, -0.2) is 18.0 Å². The van der Waals surface area contributed by atoms with Crippen LogP contribution < -0.4 is 5.73 Å². The van der Waals surface area contributed by atoms with Crippen molar-refractivity contribution in [3.05, 3.63) is 58.9 Å². The number of amides is 1. The molecule has 1 amide bonds. The van der Waals surface area contributed by atoms with Crippen molar-refractivity contribution in [2.24, 2.45) is 5.73 Å². The fraction of sp³-hybridized carbons (Fsp3) is 0.235. The molecule has 3 nitrogen and oxygen atoms in total. The zero-order valence-electron chi connectivity index (χ0n) is 12.1. The Morgan fingerprint density at radius 2 is 1.83 bits per heavy atom. The Bertz CT molecular complexity index is 777. The van der Waals surface area contributed by atoms with Gasteiger partial charge in [-0.3, -0.25) is 0 Å². The van der Waals surface area contributed by atoms with Crippen molar-refractivity contribution in [1.29, 1.82) is 0 Å². The standard InChI is InChI=1S/C17H14F3NO2/c18-13-8-15(20)14(19)7-12(13)10-4-5-11-9(6-10)2-1-3-16(11)23-17(21)22/h4-8,16H,1-3H2,(H2,21,22). The van der Waals surface area contributed by atoms with Gasteiger partial charge in [-0.05, 0) is 42.0 Å². The summed E-state index contributed by atoms with van der Waals surface area (Å²) in [7, 11) is 0. The average molecular weight is 321 g/mol. The number of rotatable bonds is 2. The maximum Gasteiger partial charge on any atom is 0.405 e. The summed E-state index contributed by atoms with van der Waals surface area (Å²) in [6.45, 7) is 0. The van der Waals surface area contributed by atoms with E-state index < -0.39 is 29.6 Å². The molecule has 0 radical (unpaired) electrons. The van der Waals surface area contributed by atoms with Gasteiger partial charge in [-0.15, -0.1) is 0 Å². The number of halogens is 3. The van der Waals surface area contributed by atoms with Crippen LogP contribution >= 0.6 is 0 Å². The number of aryl methyl sites for hydroxylation is 1. The van der Waals surface area contributed by atoms with Crippen LogP contribution in [0.4, 0.5) is 18.0 Å². The smallest absolute Gasteiger partial charge is 0.405 e. The molecule has 0 aromatic heterocycles. The predicted octanol–water partition coefficient (Wildman–Crippen LogP) is 4.24. The molecule has 0 fully saturated rings. The maximum absolute atomic E-state index is 13.9. The summed E-state index contributed by atoms with van der Waals surface area (Å²) in [5, 5.41) is 0. The van der Waals surface area contributed by atoms with Crippen LogP contribution in [0.3, 0.4) is 0 Å². The van der Waals surface area contributed by atoms with Crippen LogP contribution in [0.1, 0.15) is 30.1 Å². The van der Waals surface area contributed by atoms with Gasteiger partial charge in [0.25, 0.3) is 0 Å². The van der Waals surface area contributed by atoms with E-state index in [-0.39, 0.29) is 5.56 Å². The van der Waals surface area contributed by atoms with E-state index in [2.05, 4.69) is 0 Å². The Labute approximate surface area is 130 Å². The largest absolute Gasteiger partial charge is 0.442 e. The number of ether oxygens (including phenoxy) is 1. The monoisotopic (exact) mass is 321 g/mol. The van der Waals surface area contributed by atoms with Crippen molar-refractivity contribution in [2.75, 3.05) is 0 Å². The highest BCUT2D eigenvalue weighted by Crippen LogP contribution is 2.35. The van der Waals surface area contributed by atoms with E-state index in [0.717, 1.165) is 30.0 Å². The fourth-order valence-corrected chi connectivity index (χ4v) is 2.94. The molecule has 0 saturated heterocycles. The highest BCUT2D eigenvalue weighted by atomic mass is 19.2. The van der Waals surface area contributed by atoms with E-state index in [1.54, 1.807) is 18.2 Å².